The molecule has 2 aromatic carbocycles. The van der Waals surface area contributed by atoms with Crippen LogP contribution in [0.15, 0.2) is 47.4 Å². The average molecular weight is 558 g/mol. The SMILES string of the molecule is CC(F)(c1ccc2c(c1)CC[C@@H]1[C@@H](N)CC[C@]21S(=O)(=O)c1ccc(F)cc1)C(F)(F)F.O=CC(F)(F)F. The second-order valence-corrected chi connectivity index (χ2v) is 11.4. The Kier molecular flexibility index (Phi) is 7.57. The number of benzene rings is 2. The summed E-state index contributed by atoms with van der Waals surface area (Å²) in [6.07, 6.45) is -9.53. The van der Waals surface area contributed by atoms with E-state index in [1.807, 2.05) is 0 Å². The van der Waals surface area contributed by atoms with Gasteiger partial charge in [-0.05, 0) is 79.5 Å². The molecule has 0 radical (unpaired) electrons. The lowest BCUT2D eigenvalue weighted by Gasteiger charge is -2.42. The van der Waals surface area contributed by atoms with Gasteiger partial charge in [0.25, 0.3) is 0 Å². The van der Waals surface area contributed by atoms with Crippen molar-refractivity contribution in [2.24, 2.45) is 11.7 Å². The zero-order valence-electron chi connectivity index (χ0n) is 19.3. The Balaban J connectivity index is 0.000000568. The quantitative estimate of drug-likeness (QED) is 0.300. The van der Waals surface area contributed by atoms with Crippen LogP contribution in [0.25, 0.3) is 0 Å². The molecule has 37 heavy (non-hydrogen) atoms. The van der Waals surface area contributed by atoms with Crippen molar-refractivity contribution >= 4 is 16.1 Å². The third kappa shape index (κ3) is 5.12. The number of sulfone groups is 1. The molecule has 4 nitrogen and oxygen atoms in total. The maximum Gasteiger partial charge on any atom is 0.446 e. The van der Waals surface area contributed by atoms with E-state index < -0.39 is 62.2 Å². The number of halogens is 8. The maximum absolute atomic E-state index is 14.6. The fourth-order valence-electron chi connectivity index (χ4n) is 5.18. The van der Waals surface area contributed by atoms with Gasteiger partial charge in [-0.15, -0.1) is 0 Å². The first-order valence-corrected chi connectivity index (χ1v) is 12.5. The van der Waals surface area contributed by atoms with Crippen molar-refractivity contribution in [1.29, 1.82) is 0 Å². The predicted molar refractivity (Wildman–Crippen MR) is 117 cm³/mol. The Morgan fingerprint density at radius 1 is 0.973 bits per heavy atom. The summed E-state index contributed by atoms with van der Waals surface area (Å²) in [5, 5.41) is 0. The number of hydrogen-bond acceptors (Lipinski definition) is 4. The van der Waals surface area contributed by atoms with Crippen molar-refractivity contribution < 1.29 is 48.3 Å². The molecule has 13 heteroatoms. The molecule has 4 atom stereocenters. The highest BCUT2D eigenvalue weighted by molar-refractivity contribution is 7.92. The fraction of sp³-hybridized carbons (Fsp3) is 0.458. The molecule has 0 aliphatic heterocycles. The molecule has 2 aromatic rings. The summed E-state index contributed by atoms with van der Waals surface area (Å²) >= 11 is 0. The minimum atomic E-state index is -5.11. The van der Waals surface area contributed by atoms with Crippen LogP contribution in [0.4, 0.5) is 35.1 Å². The highest BCUT2D eigenvalue weighted by Gasteiger charge is 2.60. The van der Waals surface area contributed by atoms with Gasteiger partial charge in [0.15, 0.2) is 9.84 Å². The van der Waals surface area contributed by atoms with Gasteiger partial charge in [-0.1, -0.05) is 18.2 Å². The zero-order valence-corrected chi connectivity index (χ0v) is 20.2. The Labute approximate surface area is 207 Å². The van der Waals surface area contributed by atoms with Crippen LogP contribution in [0.2, 0.25) is 0 Å². The van der Waals surface area contributed by atoms with Crippen molar-refractivity contribution in [3.8, 4) is 0 Å². The van der Waals surface area contributed by atoms with Crippen LogP contribution in [-0.4, -0.2) is 33.1 Å². The van der Waals surface area contributed by atoms with Crippen molar-refractivity contribution in [2.75, 3.05) is 0 Å². The zero-order chi connectivity index (χ0) is 28.0. The first kappa shape index (κ1) is 29.0. The van der Waals surface area contributed by atoms with E-state index in [1.54, 1.807) is 0 Å². The summed E-state index contributed by atoms with van der Waals surface area (Å²) in [6, 6.07) is 7.53. The monoisotopic (exact) mass is 557 g/mol. The largest absolute Gasteiger partial charge is 0.446 e. The molecule has 0 saturated heterocycles. The lowest BCUT2D eigenvalue weighted by molar-refractivity contribution is -0.228. The van der Waals surface area contributed by atoms with Crippen molar-refractivity contribution in [2.45, 2.75) is 66.3 Å². The predicted octanol–water partition coefficient (Wildman–Crippen LogP) is 5.67. The molecular formula is C24H23F8NO3S. The maximum atomic E-state index is 14.6. The normalized spacial score (nSPS) is 25.2. The fourth-order valence-corrected chi connectivity index (χ4v) is 7.66. The van der Waals surface area contributed by atoms with E-state index in [4.69, 9.17) is 10.5 Å². The summed E-state index contributed by atoms with van der Waals surface area (Å²) in [4.78, 5) is 8.63. The molecule has 4 rings (SSSR count). The van der Waals surface area contributed by atoms with Crippen molar-refractivity contribution in [3.63, 3.8) is 0 Å². The number of nitrogens with two attached hydrogens (primary N) is 1. The lowest BCUT2D eigenvalue weighted by atomic mass is 9.74. The number of rotatable bonds is 3. The van der Waals surface area contributed by atoms with Crippen molar-refractivity contribution in [3.05, 3.63) is 65.0 Å². The van der Waals surface area contributed by atoms with Gasteiger partial charge in [-0.25, -0.2) is 17.2 Å². The molecule has 0 heterocycles. The molecule has 0 aromatic heterocycles. The van der Waals surface area contributed by atoms with Crippen LogP contribution in [0.5, 0.6) is 0 Å². The number of alkyl halides is 7. The third-order valence-corrected chi connectivity index (χ3v) is 9.64. The first-order chi connectivity index (χ1) is 16.9. The van der Waals surface area contributed by atoms with Crippen LogP contribution in [0.3, 0.4) is 0 Å². The Bertz CT molecular complexity index is 1260. The molecule has 2 aliphatic carbocycles. The number of carbonyl (C=O) groups is 1. The number of aldehydes is 1. The van der Waals surface area contributed by atoms with E-state index in [0.717, 1.165) is 24.3 Å². The highest BCUT2D eigenvalue weighted by Crippen LogP contribution is 2.57. The highest BCUT2D eigenvalue weighted by atomic mass is 32.2. The smallest absolute Gasteiger partial charge is 0.327 e. The topological polar surface area (TPSA) is 77.2 Å². The Morgan fingerprint density at radius 2 is 1.54 bits per heavy atom. The van der Waals surface area contributed by atoms with Gasteiger partial charge in [0.1, 0.15) is 10.6 Å². The van der Waals surface area contributed by atoms with Crippen LogP contribution in [0, 0.1) is 11.7 Å². The minimum absolute atomic E-state index is 0.0736. The molecule has 2 N–H and O–H groups in total. The molecule has 2 aliphatic rings. The van der Waals surface area contributed by atoms with Crippen LogP contribution in [0.1, 0.15) is 42.9 Å². The van der Waals surface area contributed by atoms with Gasteiger partial charge in [0.05, 0.1) is 4.90 Å². The van der Waals surface area contributed by atoms with Crippen molar-refractivity contribution in [1.82, 2.24) is 0 Å². The Morgan fingerprint density at radius 3 is 2.05 bits per heavy atom. The third-order valence-electron chi connectivity index (χ3n) is 7.06. The summed E-state index contributed by atoms with van der Waals surface area (Å²) < 4.78 is 125. The minimum Gasteiger partial charge on any atom is -0.327 e. The van der Waals surface area contributed by atoms with Crippen LogP contribution in [-0.2, 0) is 31.5 Å². The number of aryl methyl sites for hydroxylation is 1. The molecule has 0 amide bonds. The number of fused-ring (bicyclic) bond motifs is 3. The second kappa shape index (κ2) is 9.64. The van der Waals surface area contributed by atoms with Gasteiger partial charge in [-0.2, -0.15) is 26.3 Å². The molecule has 0 bridgehead atoms. The second-order valence-electron chi connectivity index (χ2n) is 9.23. The molecular weight excluding hydrogens is 534 g/mol. The van der Waals surface area contributed by atoms with Crippen LogP contribution >= 0.6 is 0 Å². The summed E-state index contributed by atoms with van der Waals surface area (Å²) in [6.45, 7) is 0.455. The van der Waals surface area contributed by atoms with E-state index in [0.29, 0.717) is 37.3 Å². The van der Waals surface area contributed by atoms with Crippen LogP contribution < -0.4 is 5.73 Å². The van der Waals surface area contributed by atoms with Gasteiger partial charge in [0, 0.05) is 6.04 Å². The van der Waals surface area contributed by atoms with Gasteiger partial charge >= 0.3 is 12.4 Å². The summed E-state index contributed by atoms with van der Waals surface area (Å²) in [5.74, 6) is -1.03. The molecule has 0 spiro atoms. The molecule has 204 valence electrons. The molecule has 1 saturated carbocycles. The Hall–Kier alpha value is -2.54. The lowest BCUT2D eigenvalue weighted by Crippen LogP contribution is -2.47. The first-order valence-electron chi connectivity index (χ1n) is 11.1. The van der Waals surface area contributed by atoms with E-state index in [1.165, 1.54) is 18.2 Å². The molecule has 1 fully saturated rings. The number of hydrogen-bond donors (Lipinski definition) is 1. The van der Waals surface area contributed by atoms with Gasteiger partial charge in [0.2, 0.25) is 12.0 Å². The van der Waals surface area contributed by atoms with E-state index in [9.17, 15) is 43.5 Å². The van der Waals surface area contributed by atoms with E-state index >= 15 is 0 Å². The van der Waals surface area contributed by atoms with Gasteiger partial charge in [-0.3, -0.25) is 4.79 Å². The van der Waals surface area contributed by atoms with E-state index in [2.05, 4.69) is 0 Å². The molecule has 1 unspecified atom stereocenters. The summed E-state index contributed by atoms with van der Waals surface area (Å²) in [7, 11) is -4.06. The van der Waals surface area contributed by atoms with Gasteiger partial charge < -0.3 is 5.73 Å². The summed E-state index contributed by atoms with van der Waals surface area (Å²) in [5.41, 5.74) is 2.87. The average Bonchev–Trinajstić information content (AvgIpc) is 3.16. The number of carbonyl (C=O) groups excluding carboxylic acids is 1. The van der Waals surface area contributed by atoms with E-state index in [-0.39, 0.29) is 11.3 Å². The standard InChI is InChI=1S/C22H22F5NO2S.C2HF3O/c1-20(24,22(25,26)27)14-3-9-17-13(12-14)2-8-18-19(28)10-11-21(17,18)31(29,30)16-6-4-15(23)5-7-16;3-2(4,5)1-6/h3-7,9,12,18-19H,2,8,10-11,28H2,1H3;1H/t18-,19+,20?,21+;/m1./s1.